The topological polar surface area (TPSA) is 113 Å². The molecule has 0 radical (unpaired) electrons. The maximum atomic E-state index is 13.8. The number of para-hydroxylation sites is 1. The van der Waals surface area contributed by atoms with Gasteiger partial charge in [0.05, 0.1) is 5.56 Å². The van der Waals surface area contributed by atoms with Gasteiger partial charge in [-0.25, -0.2) is 10.3 Å². The van der Waals surface area contributed by atoms with E-state index in [2.05, 4.69) is 5.32 Å². The highest BCUT2D eigenvalue weighted by Crippen LogP contribution is 2.30. The molecule has 0 unspecified atom stereocenters. The Bertz CT molecular complexity index is 1250. The molecular weight excluding hydrogens is 448 g/mol. The summed E-state index contributed by atoms with van der Waals surface area (Å²) in [5.41, 5.74) is 3.32. The van der Waals surface area contributed by atoms with Crippen molar-refractivity contribution in [3.63, 3.8) is 0 Å². The first kappa shape index (κ1) is 24.4. The number of ether oxygens (including phenoxy) is 1. The molecule has 0 bridgehead atoms. The molecule has 0 atom stereocenters. The highest BCUT2D eigenvalue weighted by Gasteiger charge is 2.33. The maximum Gasteiger partial charge on any atom is 0.341 e. The third-order valence-electron chi connectivity index (χ3n) is 5.84. The van der Waals surface area contributed by atoms with Crippen LogP contribution in [0.25, 0.3) is 10.9 Å². The zero-order chi connectivity index (χ0) is 25.2. The Kier molecular flexibility index (Phi) is 6.90. The second-order valence-electron chi connectivity index (χ2n) is 9.51. The standard InChI is InChI=1S/C26H30N4O5/c1-26(2,3)35-25(33)21-19-6-4-5-7-20(19)30(22(21)24(32)29-14-12-27-13-15-29)16-17-8-10-18(11-9-17)23(31)28-34/h4-11,27,34H,12-16H2,1-3H3,(H,28,31). The van der Waals surface area contributed by atoms with Crippen LogP contribution in [0.2, 0.25) is 0 Å². The van der Waals surface area contributed by atoms with Crippen molar-refractivity contribution in [2.45, 2.75) is 32.9 Å². The largest absolute Gasteiger partial charge is 0.456 e. The second-order valence-corrected chi connectivity index (χ2v) is 9.51. The Balaban J connectivity index is 1.85. The number of benzene rings is 2. The lowest BCUT2D eigenvalue weighted by atomic mass is 10.1. The van der Waals surface area contributed by atoms with E-state index in [-0.39, 0.29) is 11.5 Å². The molecular formula is C26H30N4O5. The van der Waals surface area contributed by atoms with Crippen LogP contribution in [-0.4, -0.2) is 64.2 Å². The van der Waals surface area contributed by atoms with E-state index in [1.165, 1.54) is 0 Å². The quantitative estimate of drug-likeness (QED) is 0.295. The van der Waals surface area contributed by atoms with E-state index < -0.39 is 17.5 Å². The first-order valence-electron chi connectivity index (χ1n) is 11.6. The third-order valence-corrected chi connectivity index (χ3v) is 5.84. The fraction of sp³-hybridized carbons (Fsp3) is 0.346. The average molecular weight is 479 g/mol. The first-order chi connectivity index (χ1) is 16.7. The number of hydrogen-bond donors (Lipinski definition) is 3. The lowest BCUT2D eigenvalue weighted by Gasteiger charge is -2.28. The van der Waals surface area contributed by atoms with Crippen molar-refractivity contribution >= 4 is 28.7 Å². The number of carbonyl (C=O) groups is 3. The van der Waals surface area contributed by atoms with Gasteiger partial charge in [0.25, 0.3) is 11.8 Å². The van der Waals surface area contributed by atoms with Crippen LogP contribution in [0.3, 0.4) is 0 Å². The Labute approximate surface area is 203 Å². The molecule has 184 valence electrons. The Morgan fingerprint density at radius 2 is 1.69 bits per heavy atom. The van der Waals surface area contributed by atoms with Crippen molar-refractivity contribution < 1.29 is 24.3 Å². The van der Waals surface area contributed by atoms with E-state index in [1.807, 2.05) is 28.8 Å². The van der Waals surface area contributed by atoms with Crippen molar-refractivity contribution in [2.24, 2.45) is 0 Å². The van der Waals surface area contributed by atoms with Crippen molar-refractivity contribution in [3.8, 4) is 0 Å². The molecule has 1 aliphatic rings. The molecule has 9 nitrogen and oxygen atoms in total. The number of hydroxylamine groups is 1. The minimum Gasteiger partial charge on any atom is -0.456 e. The van der Waals surface area contributed by atoms with Crippen LogP contribution >= 0.6 is 0 Å². The summed E-state index contributed by atoms with van der Waals surface area (Å²) in [5.74, 6) is -1.37. The minimum atomic E-state index is -0.723. The lowest BCUT2D eigenvalue weighted by Crippen LogP contribution is -2.47. The number of esters is 1. The molecule has 0 spiro atoms. The zero-order valence-electron chi connectivity index (χ0n) is 20.1. The monoisotopic (exact) mass is 478 g/mol. The summed E-state index contributed by atoms with van der Waals surface area (Å²) in [6.45, 7) is 8.14. The number of nitrogens with one attached hydrogen (secondary N) is 2. The van der Waals surface area contributed by atoms with Gasteiger partial charge in [-0.15, -0.1) is 0 Å². The Hall–Kier alpha value is -3.69. The molecule has 35 heavy (non-hydrogen) atoms. The summed E-state index contributed by atoms with van der Waals surface area (Å²) in [5, 5.41) is 12.8. The van der Waals surface area contributed by atoms with E-state index in [1.54, 1.807) is 55.4 Å². The van der Waals surface area contributed by atoms with Gasteiger partial charge in [-0.05, 0) is 44.5 Å². The number of aromatic nitrogens is 1. The zero-order valence-corrected chi connectivity index (χ0v) is 20.1. The molecule has 0 saturated carbocycles. The number of carbonyl (C=O) groups excluding carboxylic acids is 3. The second kappa shape index (κ2) is 9.89. The van der Waals surface area contributed by atoms with E-state index in [0.717, 1.165) is 11.1 Å². The molecule has 0 aliphatic carbocycles. The highest BCUT2D eigenvalue weighted by molar-refractivity contribution is 6.14. The summed E-state index contributed by atoms with van der Waals surface area (Å²) >= 11 is 0. The molecule has 4 rings (SSSR count). The summed E-state index contributed by atoms with van der Waals surface area (Å²) in [6, 6.07) is 14.1. The van der Waals surface area contributed by atoms with Gasteiger partial charge in [0.1, 0.15) is 11.3 Å². The van der Waals surface area contributed by atoms with Crippen LogP contribution in [0, 0.1) is 0 Å². The summed E-state index contributed by atoms with van der Waals surface area (Å²) in [7, 11) is 0. The van der Waals surface area contributed by atoms with Crippen LogP contribution < -0.4 is 10.8 Å². The van der Waals surface area contributed by atoms with Crippen LogP contribution in [0.5, 0.6) is 0 Å². The number of amides is 2. The van der Waals surface area contributed by atoms with Gasteiger partial charge >= 0.3 is 5.97 Å². The number of hydrogen-bond acceptors (Lipinski definition) is 6. The molecule has 1 saturated heterocycles. The minimum absolute atomic E-state index is 0.222. The summed E-state index contributed by atoms with van der Waals surface area (Å²) < 4.78 is 7.57. The normalized spacial score (nSPS) is 14.1. The van der Waals surface area contributed by atoms with Crippen LogP contribution in [0.15, 0.2) is 48.5 Å². The van der Waals surface area contributed by atoms with E-state index in [4.69, 9.17) is 9.94 Å². The van der Waals surface area contributed by atoms with Gasteiger partial charge in [-0.1, -0.05) is 30.3 Å². The van der Waals surface area contributed by atoms with Gasteiger partial charge in [0, 0.05) is 49.2 Å². The molecule has 2 aromatic carbocycles. The van der Waals surface area contributed by atoms with Gasteiger partial charge in [0.2, 0.25) is 0 Å². The van der Waals surface area contributed by atoms with Gasteiger partial charge in [0.15, 0.2) is 0 Å². The van der Waals surface area contributed by atoms with Crippen molar-refractivity contribution in [1.29, 1.82) is 0 Å². The molecule has 1 fully saturated rings. The number of piperazine rings is 1. The Morgan fingerprint density at radius 3 is 2.31 bits per heavy atom. The Morgan fingerprint density at radius 1 is 1.03 bits per heavy atom. The number of fused-ring (bicyclic) bond motifs is 1. The molecule has 3 N–H and O–H groups in total. The predicted molar refractivity (Wildman–Crippen MR) is 131 cm³/mol. The van der Waals surface area contributed by atoms with E-state index in [9.17, 15) is 14.4 Å². The molecule has 1 aromatic heterocycles. The molecule has 9 heteroatoms. The van der Waals surface area contributed by atoms with Crippen LogP contribution in [0.1, 0.15) is 57.5 Å². The number of rotatable bonds is 5. The average Bonchev–Trinajstić information content (AvgIpc) is 3.17. The fourth-order valence-electron chi connectivity index (χ4n) is 4.25. The number of nitrogens with zero attached hydrogens (tertiary/aromatic N) is 2. The van der Waals surface area contributed by atoms with Gasteiger partial charge in [-0.2, -0.15) is 0 Å². The van der Waals surface area contributed by atoms with Gasteiger partial charge < -0.3 is 19.5 Å². The maximum absolute atomic E-state index is 13.8. The molecule has 3 aromatic rings. The summed E-state index contributed by atoms with van der Waals surface area (Å²) in [6.07, 6.45) is 0. The van der Waals surface area contributed by atoms with Crippen LogP contribution in [-0.2, 0) is 11.3 Å². The lowest BCUT2D eigenvalue weighted by molar-refractivity contribution is 0.00683. The first-order valence-corrected chi connectivity index (χ1v) is 11.6. The summed E-state index contributed by atoms with van der Waals surface area (Å²) in [4.78, 5) is 40.7. The van der Waals surface area contributed by atoms with Gasteiger partial charge in [-0.3, -0.25) is 14.8 Å². The van der Waals surface area contributed by atoms with Crippen molar-refractivity contribution in [2.75, 3.05) is 26.2 Å². The van der Waals surface area contributed by atoms with E-state index >= 15 is 0 Å². The van der Waals surface area contributed by atoms with E-state index in [0.29, 0.717) is 49.4 Å². The molecule has 1 aliphatic heterocycles. The van der Waals surface area contributed by atoms with Crippen molar-refractivity contribution in [3.05, 3.63) is 70.9 Å². The molecule has 2 amide bonds. The van der Waals surface area contributed by atoms with Crippen molar-refractivity contribution in [1.82, 2.24) is 20.3 Å². The fourth-order valence-corrected chi connectivity index (χ4v) is 4.25. The smallest absolute Gasteiger partial charge is 0.341 e. The highest BCUT2D eigenvalue weighted by atomic mass is 16.6. The molecule has 2 heterocycles. The third kappa shape index (κ3) is 5.21. The van der Waals surface area contributed by atoms with Crippen LogP contribution in [0.4, 0.5) is 0 Å². The SMILES string of the molecule is CC(C)(C)OC(=O)c1c(C(=O)N2CCNCC2)n(Cc2ccc(C(=O)NO)cc2)c2ccccc12. The predicted octanol–water partition coefficient (Wildman–Crippen LogP) is 2.81.